The molecule has 0 bridgehead atoms. The van der Waals surface area contributed by atoms with Crippen molar-refractivity contribution in [1.82, 2.24) is 0 Å². The zero-order valence-corrected chi connectivity index (χ0v) is 16.6. The molecule has 0 heterocycles. The zero-order chi connectivity index (χ0) is 20.5. The molecular weight excluding hydrogens is 352 g/mol. The topological polar surface area (TPSA) is 63.6 Å². The Bertz CT molecular complexity index is 658. The van der Waals surface area contributed by atoms with Crippen molar-refractivity contribution in [2.75, 3.05) is 6.61 Å². The van der Waals surface area contributed by atoms with Crippen molar-refractivity contribution in [3.63, 3.8) is 0 Å². The van der Waals surface area contributed by atoms with Crippen LogP contribution in [0, 0.1) is 0 Å². The smallest absolute Gasteiger partial charge is 0.341 e. The molecule has 0 aliphatic carbocycles. The van der Waals surface area contributed by atoms with Crippen LogP contribution in [0.2, 0.25) is 0 Å². The Morgan fingerprint density at radius 3 is 2.39 bits per heavy atom. The molecule has 28 heavy (non-hydrogen) atoms. The SMILES string of the molecule is C=CC/C=C\C/C=C\CCCCCCCc1ccccc1C(=O)OCC(=O)O. The fraction of sp³-hybridized carbons (Fsp3) is 0.417. The van der Waals surface area contributed by atoms with Gasteiger partial charge in [0.1, 0.15) is 0 Å². The molecule has 0 fully saturated rings. The maximum absolute atomic E-state index is 12.0. The van der Waals surface area contributed by atoms with Gasteiger partial charge in [-0.3, -0.25) is 0 Å². The van der Waals surface area contributed by atoms with Gasteiger partial charge in [-0.2, -0.15) is 0 Å². The summed E-state index contributed by atoms with van der Waals surface area (Å²) in [5.41, 5.74) is 1.39. The first-order chi connectivity index (χ1) is 13.6. The molecule has 0 radical (unpaired) electrons. The lowest BCUT2D eigenvalue weighted by Crippen LogP contribution is -2.14. The maximum atomic E-state index is 12.0. The van der Waals surface area contributed by atoms with E-state index in [1.807, 2.05) is 18.2 Å². The summed E-state index contributed by atoms with van der Waals surface area (Å²) in [5.74, 6) is -1.71. The summed E-state index contributed by atoms with van der Waals surface area (Å²) >= 11 is 0. The van der Waals surface area contributed by atoms with Crippen LogP contribution in [0.4, 0.5) is 0 Å². The molecule has 152 valence electrons. The van der Waals surface area contributed by atoms with Crippen molar-refractivity contribution in [2.24, 2.45) is 0 Å². The number of hydrogen-bond donors (Lipinski definition) is 1. The number of rotatable bonds is 15. The van der Waals surface area contributed by atoms with E-state index in [1.54, 1.807) is 12.1 Å². The average molecular weight is 385 g/mol. The first kappa shape index (κ1) is 23.4. The quantitative estimate of drug-likeness (QED) is 0.233. The number of ether oxygens (including phenoxy) is 1. The number of carbonyl (C=O) groups is 2. The normalized spacial score (nSPS) is 11.1. The molecule has 1 rings (SSSR count). The fourth-order valence-electron chi connectivity index (χ4n) is 2.83. The van der Waals surface area contributed by atoms with Gasteiger partial charge in [0.2, 0.25) is 0 Å². The molecule has 1 aromatic rings. The number of benzene rings is 1. The van der Waals surface area contributed by atoms with Gasteiger partial charge in [0.15, 0.2) is 6.61 Å². The van der Waals surface area contributed by atoms with Crippen LogP contribution in [0.1, 0.15) is 67.3 Å². The number of carbonyl (C=O) groups excluding carboxylic acids is 1. The summed E-state index contributed by atoms with van der Waals surface area (Å²) < 4.78 is 4.80. The Morgan fingerprint density at radius 1 is 0.929 bits per heavy atom. The molecule has 0 atom stereocenters. The van der Waals surface area contributed by atoms with E-state index in [9.17, 15) is 9.59 Å². The van der Waals surface area contributed by atoms with Gasteiger partial charge in [-0.1, -0.05) is 67.8 Å². The van der Waals surface area contributed by atoms with Crippen LogP contribution in [0.25, 0.3) is 0 Å². The van der Waals surface area contributed by atoms with Crippen molar-refractivity contribution < 1.29 is 19.4 Å². The number of carboxylic acids is 1. The number of allylic oxidation sites excluding steroid dienone is 5. The minimum Gasteiger partial charge on any atom is -0.479 e. The molecule has 0 unspecified atom stereocenters. The highest BCUT2D eigenvalue weighted by atomic mass is 16.5. The van der Waals surface area contributed by atoms with Crippen LogP contribution in [0.3, 0.4) is 0 Å². The molecule has 1 aromatic carbocycles. The second-order valence-corrected chi connectivity index (χ2v) is 6.64. The van der Waals surface area contributed by atoms with E-state index >= 15 is 0 Å². The van der Waals surface area contributed by atoms with Crippen molar-refractivity contribution >= 4 is 11.9 Å². The van der Waals surface area contributed by atoms with Gasteiger partial charge in [-0.25, -0.2) is 9.59 Å². The summed E-state index contributed by atoms with van der Waals surface area (Å²) in [7, 11) is 0. The van der Waals surface area contributed by atoms with Crippen LogP contribution in [-0.4, -0.2) is 23.7 Å². The molecule has 1 N–H and O–H groups in total. The number of hydrogen-bond acceptors (Lipinski definition) is 3. The summed E-state index contributed by atoms with van der Waals surface area (Å²) in [5, 5.41) is 8.63. The van der Waals surface area contributed by atoms with E-state index in [0.717, 1.165) is 44.1 Å². The molecule has 0 spiro atoms. The fourth-order valence-corrected chi connectivity index (χ4v) is 2.83. The Kier molecular flexibility index (Phi) is 12.9. The Labute approximate surface area is 168 Å². The summed E-state index contributed by atoms with van der Waals surface area (Å²) in [6, 6.07) is 7.26. The van der Waals surface area contributed by atoms with Crippen molar-refractivity contribution in [3.8, 4) is 0 Å². The van der Waals surface area contributed by atoms with Gasteiger partial charge < -0.3 is 9.84 Å². The highest BCUT2D eigenvalue weighted by molar-refractivity contribution is 5.92. The van der Waals surface area contributed by atoms with Crippen LogP contribution >= 0.6 is 0 Å². The lowest BCUT2D eigenvalue weighted by atomic mass is 10.0. The molecular formula is C24H32O4. The highest BCUT2D eigenvalue weighted by Crippen LogP contribution is 2.15. The third-order valence-corrected chi connectivity index (χ3v) is 4.29. The third kappa shape index (κ3) is 11.2. The first-order valence-corrected chi connectivity index (χ1v) is 10.0. The van der Waals surface area contributed by atoms with E-state index in [-0.39, 0.29) is 0 Å². The summed E-state index contributed by atoms with van der Waals surface area (Å²) in [6.45, 7) is 3.08. The van der Waals surface area contributed by atoms with Gasteiger partial charge in [-0.15, -0.1) is 6.58 Å². The van der Waals surface area contributed by atoms with Crippen LogP contribution in [0.5, 0.6) is 0 Å². The van der Waals surface area contributed by atoms with Crippen LogP contribution in [0.15, 0.2) is 61.2 Å². The van der Waals surface area contributed by atoms with Gasteiger partial charge in [0, 0.05) is 0 Å². The van der Waals surface area contributed by atoms with Gasteiger partial charge in [0.25, 0.3) is 0 Å². The lowest BCUT2D eigenvalue weighted by Gasteiger charge is -2.08. The Morgan fingerprint density at radius 2 is 1.61 bits per heavy atom. The van der Waals surface area contributed by atoms with E-state index in [2.05, 4.69) is 30.9 Å². The first-order valence-electron chi connectivity index (χ1n) is 10.0. The number of esters is 1. The van der Waals surface area contributed by atoms with Crippen molar-refractivity contribution in [1.29, 1.82) is 0 Å². The third-order valence-electron chi connectivity index (χ3n) is 4.29. The van der Waals surface area contributed by atoms with Gasteiger partial charge >= 0.3 is 11.9 Å². The standard InChI is InChI=1S/C24H32O4/c1-2-3-4-5-6-7-8-9-10-11-12-13-14-17-21-18-15-16-19-22(21)24(27)28-20-23(25)26/h2,4-5,7-8,15-16,18-19H,1,3,6,9-14,17,20H2,(H,25,26)/b5-4-,8-7-. The molecule has 0 amide bonds. The minimum atomic E-state index is -1.15. The predicted octanol–water partition coefficient (Wildman–Crippen LogP) is 5.89. The molecule has 0 saturated heterocycles. The molecule has 4 heteroatoms. The van der Waals surface area contributed by atoms with E-state index in [4.69, 9.17) is 9.84 Å². The summed E-state index contributed by atoms with van der Waals surface area (Å²) in [6.07, 6.45) is 20.2. The number of carboxylic acid groups (broad SMARTS) is 1. The molecule has 0 saturated carbocycles. The van der Waals surface area contributed by atoms with Crippen LogP contribution < -0.4 is 0 Å². The lowest BCUT2D eigenvalue weighted by molar-refractivity contribution is -0.140. The Balaban J connectivity index is 2.18. The summed E-state index contributed by atoms with van der Waals surface area (Å²) in [4.78, 5) is 22.5. The second-order valence-electron chi connectivity index (χ2n) is 6.64. The second kappa shape index (κ2) is 15.4. The van der Waals surface area contributed by atoms with Crippen molar-refractivity contribution in [3.05, 3.63) is 72.4 Å². The molecule has 4 nitrogen and oxygen atoms in total. The zero-order valence-electron chi connectivity index (χ0n) is 16.6. The van der Waals surface area contributed by atoms with E-state index < -0.39 is 18.5 Å². The van der Waals surface area contributed by atoms with Crippen LogP contribution in [-0.2, 0) is 16.0 Å². The Hall–Kier alpha value is -2.62. The minimum absolute atomic E-state index is 0.469. The van der Waals surface area contributed by atoms with E-state index in [0.29, 0.717) is 5.56 Å². The molecule has 0 aliphatic heterocycles. The largest absolute Gasteiger partial charge is 0.479 e. The molecule has 0 aromatic heterocycles. The highest BCUT2D eigenvalue weighted by Gasteiger charge is 2.13. The van der Waals surface area contributed by atoms with Gasteiger partial charge in [0.05, 0.1) is 5.56 Å². The monoisotopic (exact) mass is 384 g/mol. The maximum Gasteiger partial charge on any atom is 0.341 e. The van der Waals surface area contributed by atoms with Crippen molar-refractivity contribution in [2.45, 2.75) is 57.8 Å². The average Bonchev–Trinajstić information content (AvgIpc) is 2.70. The van der Waals surface area contributed by atoms with Gasteiger partial charge in [-0.05, 0) is 50.2 Å². The number of aryl methyl sites for hydroxylation is 1. The molecule has 0 aliphatic rings. The van der Waals surface area contributed by atoms with E-state index in [1.165, 1.54) is 19.3 Å². The number of unbranched alkanes of at least 4 members (excludes halogenated alkanes) is 5. The number of aliphatic carboxylic acids is 1. The predicted molar refractivity (Wildman–Crippen MR) is 113 cm³/mol.